The standard InChI is InChI=1S/2C4H8O.Li.H/c2*1-2-4-5-3-1;;/h2*1-4H2;;. The predicted octanol–water partition coefficient (Wildman–Crippen LogP) is 0.945. The van der Waals surface area contributed by atoms with Crippen LogP contribution in [0.1, 0.15) is 25.7 Å². The van der Waals surface area contributed by atoms with Gasteiger partial charge in [-0.05, 0) is 25.7 Å². The van der Waals surface area contributed by atoms with Crippen LogP contribution in [0.15, 0.2) is 0 Å². The molecule has 0 aromatic carbocycles. The van der Waals surface area contributed by atoms with Crippen molar-refractivity contribution in [3.8, 4) is 0 Å². The van der Waals surface area contributed by atoms with Crippen molar-refractivity contribution in [2.45, 2.75) is 25.7 Å². The first-order chi connectivity index (χ1) is 5.00. The van der Waals surface area contributed by atoms with Crippen molar-refractivity contribution < 1.29 is 9.47 Å². The molecule has 2 heterocycles. The normalized spacial score (nSPS) is 21.8. The van der Waals surface area contributed by atoms with E-state index in [9.17, 15) is 0 Å². The van der Waals surface area contributed by atoms with Gasteiger partial charge in [0.25, 0.3) is 0 Å². The molecule has 0 radical (unpaired) electrons. The van der Waals surface area contributed by atoms with E-state index in [0.717, 1.165) is 26.4 Å². The summed E-state index contributed by atoms with van der Waals surface area (Å²) in [7, 11) is 0. The van der Waals surface area contributed by atoms with E-state index in [1.807, 2.05) is 0 Å². The van der Waals surface area contributed by atoms with E-state index in [4.69, 9.17) is 9.47 Å². The SMILES string of the molecule is C1CCOC1.C1CCOC1.[LiH]. The molecule has 0 spiro atoms. The molecule has 62 valence electrons. The van der Waals surface area contributed by atoms with Gasteiger partial charge in [0.05, 0.1) is 0 Å². The van der Waals surface area contributed by atoms with E-state index in [1.165, 1.54) is 25.7 Å². The molecule has 0 saturated carbocycles. The zero-order chi connectivity index (χ0) is 7.07. The summed E-state index contributed by atoms with van der Waals surface area (Å²) in [6, 6.07) is 0. The Morgan fingerprint density at radius 3 is 0.909 bits per heavy atom. The Hall–Kier alpha value is 0.517. The molecule has 0 bridgehead atoms. The molecule has 2 saturated heterocycles. The number of ether oxygens (including phenoxy) is 2. The molecular weight excluding hydrogens is 135 g/mol. The van der Waals surface area contributed by atoms with Gasteiger partial charge in [0.2, 0.25) is 0 Å². The van der Waals surface area contributed by atoms with Crippen LogP contribution < -0.4 is 0 Å². The Kier molecular flexibility index (Phi) is 9.02. The molecule has 0 aromatic rings. The predicted molar refractivity (Wildman–Crippen MR) is 47.3 cm³/mol. The summed E-state index contributed by atoms with van der Waals surface area (Å²) in [6.07, 6.45) is 5.11. The Morgan fingerprint density at radius 2 is 0.818 bits per heavy atom. The molecule has 0 atom stereocenters. The molecule has 11 heavy (non-hydrogen) atoms. The molecule has 2 nitrogen and oxygen atoms in total. The van der Waals surface area contributed by atoms with Crippen LogP contribution in [0, 0.1) is 0 Å². The molecule has 2 fully saturated rings. The van der Waals surface area contributed by atoms with Crippen molar-refractivity contribution in [3.63, 3.8) is 0 Å². The second kappa shape index (κ2) is 8.61. The van der Waals surface area contributed by atoms with Crippen molar-refractivity contribution in [1.82, 2.24) is 0 Å². The fourth-order valence-electron chi connectivity index (χ4n) is 1.02. The van der Waals surface area contributed by atoms with Crippen molar-refractivity contribution >= 4 is 18.9 Å². The van der Waals surface area contributed by atoms with Crippen molar-refractivity contribution in [2.75, 3.05) is 26.4 Å². The Labute approximate surface area is 80.8 Å². The van der Waals surface area contributed by atoms with E-state index in [-0.39, 0.29) is 18.9 Å². The van der Waals surface area contributed by atoms with Gasteiger partial charge >= 0.3 is 18.9 Å². The van der Waals surface area contributed by atoms with E-state index >= 15 is 0 Å². The Bertz CT molecular complexity index is 45.3. The first kappa shape index (κ1) is 11.5. The van der Waals surface area contributed by atoms with Crippen LogP contribution in [0.5, 0.6) is 0 Å². The van der Waals surface area contributed by atoms with Gasteiger partial charge in [-0.1, -0.05) is 0 Å². The van der Waals surface area contributed by atoms with Crippen molar-refractivity contribution in [2.24, 2.45) is 0 Å². The van der Waals surface area contributed by atoms with Crippen LogP contribution >= 0.6 is 0 Å². The second-order valence-electron chi connectivity index (χ2n) is 2.64. The van der Waals surface area contributed by atoms with Gasteiger partial charge < -0.3 is 9.47 Å². The van der Waals surface area contributed by atoms with Crippen molar-refractivity contribution in [1.29, 1.82) is 0 Å². The monoisotopic (exact) mass is 152 g/mol. The van der Waals surface area contributed by atoms with Gasteiger partial charge in [0, 0.05) is 26.4 Å². The Morgan fingerprint density at radius 1 is 0.545 bits per heavy atom. The van der Waals surface area contributed by atoms with Gasteiger partial charge in [0.15, 0.2) is 0 Å². The minimum absolute atomic E-state index is 0. The van der Waals surface area contributed by atoms with Gasteiger partial charge in [-0.3, -0.25) is 0 Å². The summed E-state index contributed by atoms with van der Waals surface area (Å²) in [5, 5.41) is 0. The molecule has 0 amide bonds. The quantitative estimate of drug-likeness (QED) is 0.481. The topological polar surface area (TPSA) is 18.5 Å². The third kappa shape index (κ3) is 6.90. The fourth-order valence-corrected chi connectivity index (χ4v) is 1.02. The van der Waals surface area contributed by atoms with E-state index < -0.39 is 0 Å². The summed E-state index contributed by atoms with van der Waals surface area (Å²) in [6.45, 7) is 4.00. The van der Waals surface area contributed by atoms with Crippen molar-refractivity contribution in [3.05, 3.63) is 0 Å². The van der Waals surface area contributed by atoms with Crippen LogP contribution in [-0.2, 0) is 9.47 Å². The average molecular weight is 152 g/mol. The van der Waals surface area contributed by atoms with Crippen LogP contribution in [0.4, 0.5) is 0 Å². The second-order valence-corrected chi connectivity index (χ2v) is 2.64. The molecular formula is C8H17LiO2. The maximum absolute atomic E-state index is 4.94. The number of hydrogen-bond acceptors (Lipinski definition) is 2. The van der Waals surface area contributed by atoms with E-state index in [0.29, 0.717) is 0 Å². The fraction of sp³-hybridized carbons (Fsp3) is 1.00. The van der Waals surface area contributed by atoms with Gasteiger partial charge in [-0.2, -0.15) is 0 Å². The zero-order valence-electron chi connectivity index (χ0n) is 6.47. The summed E-state index contributed by atoms with van der Waals surface area (Å²) in [5.74, 6) is 0. The molecule has 0 aromatic heterocycles. The summed E-state index contributed by atoms with van der Waals surface area (Å²) >= 11 is 0. The maximum atomic E-state index is 4.94. The molecule has 2 rings (SSSR count). The number of hydrogen-bond donors (Lipinski definition) is 0. The molecule has 0 N–H and O–H groups in total. The molecule has 2 aliphatic rings. The van der Waals surface area contributed by atoms with Gasteiger partial charge in [-0.25, -0.2) is 0 Å². The van der Waals surface area contributed by atoms with Gasteiger partial charge in [0.1, 0.15) is 0 Å². The van der Waals surface area contributed by atoms with Crippen LogP contribution in [0.3, 0.4) is 0 Å². The van der Waals surface area contributed by atoms with E-state index in [1.54, 1.807) is 0 Å². The summed E-state index contributed by atoms with van der Waals surface area (Å²) in [5.41, 5.74) is 0. The van der Waals surface area contributed by atoms with E-state index in [2.05, 4.69) is 0 Å². The van der Waals surface area contributed by atoms with Crippen LogP contribution in [-0.4, -0.2) is 45.3 Å². The van der Waals surface area contributed by atoms with Crippen LogP contribution in [0.2, 0.25) is 0 Å². The average Bonchev–Trinajstić information content (AvgIpc) is 2.67. The molecule has 0 aliphatic carbocycles. The van der Waals surface area contributed by atoms with Crippen LogP contribution in [0.25, 0.3) is 0 Å². The number of rotatable bonds is 0. The molecule has 0 unspecified atom stereocenters. The molecule has 3 heteroatoms. The third-order valence-corrected chi connectivity index (χ3v) is 1.65. The zero-order valence-corrected chi connectivity index (χ0v) is 6.47. The first-order valence-electron chi connectivity index (χ1n) is 4.15. The van der Waals surface area contributed by atoms with Gasteiger partial charge in [-0.15, -0.1) is 0 Å². The molecule has 2 aliphatic heterocycles. The summed E-state index contributed by atoms with van der Waals surface area (Å²) in [4.78, 5) is 0. The third-order valence-electron chi connectivity index (χ3n) is 1.65. The summed E-state index contributed by atoms with van der Waals surface area (Å²) < 4.78 is 9.89. The Balaban J connectivity index is 0.000000167. The minimum atomic E-state index is 0. The first-order valence-corrected chi connectivity index (χ1v) is 4.15.